The third-order valence-corrected chi connectivity index (χ3v) is 5.15. The van der Waals surface area contributed by atoms with E-state index in [1.165, 1.54) is 5.56 Å². The summed E-state index contributed by atoms with van der Waals surface area (Å²) < 4.78 is 17.2. The predicted octanol–water partition coefficient (Wildman–Crippen LogP) is 5.12. The molecule has 0 bridgehead atoms. The van der Waals surface area contributed by atoms with E-state index in [1.54, 1.807) is 12.1 Å². The molecular formula is C26H27NO4. The lowest BCUT2D eigenvalue weighted by molar-refractivity contribution is 0.0680. The van der Waals surface area contributed by atoms with Crippen LogP contribution in [0.1, 0.15) is 28.8 Å². The maximum absolute atomic E-state index is 12.7. The van der Waals surface area contributed by atoms with Crippen molar-refractivity contribution in [1.29, 1.82) is 0 Å². The van der Waals surface area contributed by atoms with Gasteiger partial charge in [0.15, 0.2) is 0 Å². The molecule has 0 radical (unpaired) electrons. The first-order valence-electron chi connectivity index (χ1n) is 10.7. The summed E-state index contributed by atoms with van der Waals surface area (Å²) >= 11 is 0. The summed E-state index contributed by atoms with van der Waals surface area (Å²) in [4.78, 5) is 12.7. The van der Waals surface area contributed by atoms with Gasteiger partial charge in [0.05, 0.1) is 12.7 Å². The van der Waals surface area contributed by atoms with Gasteiger partial charge in [-0.3, -0.25) is 4.79 Å². The highest BCUT2D eigenvalue weighted by Gasteiger charge is 2.16. The standard InChI is InChI=1S/C26H27NO4/c28-26(27-22-10-5-12-24(18-22)31-19-25-13-6-15-29-25)21-9-4-11-23(17-21)30-16-14-20-7-2-1-3-8-20/h1-5,7-12,17-18,25H,6,13-16,19H2,(H,27,28). The molecule has 5 heteroatoms. The maximum Gasteiger partial charge on any atom is 0.255 e. The topological polar surface area (TPSA) is 56.8 Å². The smallest absolute Gasteiger partial charge is 0.255 e. The van der Waals surface area contributed by atoms with Gasteiger partial charge in [0.1, 0.15) is 18.1 Å². The molecule has 3 aromatic carbocycles. The molecular weight excluding hydrogens is 390 g/mol. The number of anilines is 1. The van der Waals surface area contributed by atoms with Gasteiger partial charge in [-0.2, -0.15) is 0 Å². The SMILES string of the molecule is O=C(Nc1cccc(OCC2CCCO2)c1)c1cccc(OCCc2ccccc2)c1. The van der Waals surface area contributed by atoms with Crippen LogP contribution in [0.2, 0.25) is 0 Å². The number of ether oxygens (including phenoxy) is 3. The van der Waals surface area contributed by atoms with Crippen LogP contribution in [0.5, 0.6) is 11.5 Å². The predicted molar refractivity (Wildman–Crippen MR) is 121 cm³/mol. The van der Waals surface area contributed by atoms with Crippen molar-refractivity contribution in [2.45, 2.75) is 25.4 Å². The van der Waals surface area contributed by atoms with E-state index < -0.39 is 0 Å². The van der Waals surface area contributed by atoms with Crippen molar-refractivity contribution < 1.29 is 19.0 Å². The minimum atomic E-state index is -0.190. The Bertz CT molecular complexity index is 983. The minimum absolute atomic E-state index is 0.155. The van der Waals surface area contributed by atoms with E-state index in [2.05, 4.69) is 17.4 Å². The lowest BCUT2D eigenvalue weighted by Gasteiger charge is -2.13. The Balaban J connectivity index is 1.31. The normalized spacial score (nSPS) is 15.4. The number of hydrogen-bond donors (Lipinski definition) is 1. The molecule has 0 aliphatic carbocycles. The summed E-state index contributed by atoms with van der Waals surface area (Å²) in [6, 6.07) is 24.8. The second-order valence-electron chi connectivity index (χ2n) is 7.54. The molecule has 0 spiro atoms. The van der Waals surface area contributed by atoms with Crippen molar-refractivity contribution in [3.8, 4) is 11.5 Å². The zero-order valence-electron chi connectivity index (χ0n) is 17.5. The molecule has 1 fully saturated rings. The summed E-state index contributed by atoms with van der Waals surface area (Å²) in [5, 5.41) is 2.93. The average molecular weight is 418 g/mol. The molecule has 1 saturated heterocycles. The van der Waals surface area contributed by atoms with E-state index >= 15 is 0 Å². The van der Waals surface area contributed by atoms with Gasteiger partial charge in [-0.1, -0.05) is 42.5 Å². The molecule has 1 amide bonds. The first-order chi connectivity index (χ1) is 15.3. The number of nitrogens with one attached hydrogen (secondary N) is 1. The van der Waals surface area contributed by atoms with Crippen molar-refractivity contribution in [2.75, 3.05) is 25.1 Å². The number of rotatable bonds is 9. The Labute approximate surface area is 183 Å². The van der Waals surface area contributed by atoms with Gasteiger partial charge in [-0.25, -0.2) is 0 Å². The maximum atomic E-state index is 12.7. The van der Waals surface area contributed by atoms with Gasteiger partial charge in [-0.15, -0.1) is 0 Å². The Morgan fingerprint density at radius 2 is 1.74 bits per heavy atom. The minimum Gasteiger partial charge on any atom is -0.493 e. The van der Waals surface area contributed by atoms with Crippen molar-refractivity contribution in [3.05, 3.63) is 90.0 Å². The fraction of sp³-hybridized carbons (Fsp3) is 0.269. The number of carbonyl (C=O) groups is 1. The lowest BCUT2D eigenvalue weighted by Crippen LogP contribution is -2.16. The van der Waals surface area contributed by atoms with Crippen molar-refractivity contribution >= 4 is 11.6 Å². The van der Waals surface area contributed by atoms with Crippen LogP contribution in [0.25, 0.3) is 0 Å². The zero-order chi connectivity index (χ0) is 21.3. The van der Waals surface area contributed by atoms with Crippen molar-refractivity contribution in [1.82, 2.24) is 0 Å². The zero-order valence-corrected chi connectivity index (χ0v) is 17.5. The Kier molecular flexibility index (Phi) is 7.19. The molecule has 1 aliphatic rings. The largest absolute Gasteiger partial charge is 0.493 e. The fourth-order valence-electron chi connectivity index (χ4n) is 3.49. The van der Waals surface area contributed by atoms with Crippen LogP contribution >= 0.6 is 0 Å². The first-order valence-corrected chi connectivity index (χ1v) is 10.7. The molecule has 0 aromatic heterocycles. The van der Waals surface area contributed by atoms with Gasteiger partial charge in [0.25, 0.3) is 5.91 Å². The molecule has 1 aliphatic heterocycles. The molecule has 5 nitrogen and oxygen atoms in total. The quantitative estimate of drug-likeness (QED) is 0.525. The van der Waals surface area contributed by atoms with Crippen LogP contribution in [0, 0.1) is 0 Å². The van der Waals surface area contributed by atoms with Crippen molar-refractivity contribution in [2.24, 2.45) is 0 Å². The highest BCUT2D eigenvalue weighted by Crippen LogP contribution is 2.21. The summed E-state index contributed by atoms with van der Waals surface area (Å²) in [6.07, 6.45) is 3.08. The van der Waals surface area contributed by atoms with Crippen LogP contribution in [0.15, 0.2) is 78.9 Å². The molecule has 1 unspecified atom stereocenters. The van der Waals surface area contributed by atoms with E-state index in [0.29, 0.717) is 36.0 Å². The van der Waals surface area contributed by atoms with E-state index in [-0.39, 0.29) is 12.0 Å². The van der Waals surface area contributed by atoms with Crippen LogP contribution in [-0.4, -0.2) is 31.8 Å². The second-order valence-corrected chi connectivity index (χ2v) is 7.54. The van der Waals surface area contributed by atoms with Gasteiger partial charge in [0.2, 0.25) is 0 Å². The highest BCUT2D eigenvalue weighted by atomic mass is 16.5. The number of hydrogen-bond acceptors (Lipinski definition) is 4. The van der Waals surface area contributed by atoms with Gasteiger partial charge in [-0.05, 0) is 48.7 Å². The van der Waals surface area contributed by atoms with Crippen LogP contribution < -0.4 is 14.8 Å². The van der Waals surface area contributed by atoms with E-state index in [4.69, 9.17) is 14.2 Å². The van der Waals surface area contributed by atoms with Crippen LogP contribution in [0.4, 0.5) is 5.69 Å². The van der Waals surface area contributed by atoms with E-state index in [1.807, 2.05) is 54.6 Å². The Hall–Kier alpha value is -3.31. The highest BCUT2D eigenvalue weighted by molar-refractivity contribution is 6.04. The summed E-state index contributed by atoms with van der Waals surface area (Å²) in [6.45, 7) is 1.89. The third kappa shape index (κ3) is 6.33. The monoisotopic (exact) mass is 417 g/mol. The molecule has 1 atom stereocenters. The molecule has 1 heterocycles. The molecule has 160 valence electrons. The molecule has 4 rings (SSSR count). The number of benzene rings is 3. The van der Waals surface area contributed by atoms with Crippen LogP contribution in [0.3, 0.4) is 0 Å². The molecule has 1 N–H and O–H groups in total. The summed E-state index contributed by atoms with van der Waals surface area (Å²) in [5.74, 6) is 1.20. The number of carbonyl (C=O) groups excluding carboxylic acids is 1. The van der Waals surface area contributed by atoms with Gasteiger partial charge >= 0.3 is 0 Å². The van der Waals surface area contributed by atoms with Gasteiger partial charge in [0, 0.05) is 30.3 Å². The summed E-state index contributed by atoms with van der Waals surface area (Å²) in [7, 11) is 0. The van der Waals surface area contributed by atoms with E-state index in [0.717, 1.165) is 25.9 Å². The fourth-order valence-corrected chi connectivity index (χ4v) is 3.49. The molecule has 31 heavy (non-hydrogen) atoms. The summed E-state index contributed by atoms with van der Waals surface area (Å²) in [5.41, 5.74) is 2.45. The lowest BCUT2D eigenvalue weighted by atomic mass is 10.1. The molecule has 3 aromatic rings. The van der Waals surface area contributed by atoms with Gasteiger partial charge < -0.3 is 19.5 Å². The first kappa shape index (κ1) is 20.9. The molecule has 0 saturated carbocycles. The van der Waals surface area contributed by atoms with Crippen LogP contribution in [-0.2, 0) is 11.2 Å². The van der Waals surface area contributed by atoms with E-state index in [9.17, 15) is 4.79 Å². The Morgan fingerprint density at radius 3 is 2.55 bits per heavy atom. The number of amides is 1. The Morgan fingerprint density at radius 1 is 0.935 bits per heavy atom. The average Bonchev–Trinajstić information content (AvgIpc) is 3.33. The second kappa shape index (κ2) is 10.6. The third-order valence-electron chi connectivity index (χ3n) is 5.15. The van der Waals surface area contributed by atoms with Crippen molar-refractivity contribution in [3.63, 3.8) is 0 Å².